The molecule has 0 aromatic heterocycles. The fourth-order valence-electron chi connectivity index (χ4n) is 2.89. The summed E-state index contributed by atoms with van der Waals surface area (Å²) in [5.41, 5.74) is 5.61. The van der Waals surface area contributed by atoms with E-state index in [0.717, 1.165) is 27.7 Å². The highest BCUT2D eigenvalue weighted by Crippen LogP contribution is 2.25. The first kappa shape index (κ1) is 15.5. The molecule has 0 N–H and O–H groups in total. The predicted octanol–water partition coefficient (Wildman–Crippen LogP) is 4.01. The van der Waals surface area contributed by atoms with Crippen LogP contribution >= 0.6 is 0 Å². The van der Waals surface area contributed by atoms with Crippen LogP contribution in [0.15, 0.2) is 78.9 Å². The second-order valence-electron chi connectivity index (χ2n) is 5.30. The largest absolute Gasteiger partial charge is 0.494 e. The fourth-order valence-corrected chi connectivity index (χ4v) is 2.89. The van der Waals surface area contributed by atoms with Crippen LogP contribution in [0, 0.1) is 0 Å². The quantitative estimate of drug-likeness (QED) is 0.663. The summed E-state index contributed by atoms with van der Waals surface area (Å²) in [6.45, 7) is 0. The molecule has 0 aliphatic carbocycles. The molecular formula is C20H19BO2. The van der Waals surface area contributed by atoms with Gasteiger partial charge in [0.25, 0.3) is 0 Å². The lowest BCUT2D eigenvalue weighted by Crippen LogP contribution is -2.37. The summed E-state index contributed by atoms with van der Waals surface area (Å²) < 4.78 is 11.2. The Hall–Kier alpha value is -2.36. The van der Waals surface area contributed by atoms with Crippen LogP contribution < -0.4 is 5.46 Å². The third kappa shape index (κ3) is 3.21. The molecule has 3 aromatic rings. The summed E-state index contributed by atoms with van der Waals surface area (Å²) in [7, 11) is 2.93. The van der Waals surface area contributed by atoms with Crippen molar-refractivity contribution in [2.45, 2.75) is 0 Å². The molecule has 0 heterocycles. The van der Waals surface area contributed by atoms with Crippen molar-refractivity contribution in [1.82, 2.24) is 0 Å². The highest BCUT2D eigenvalue weighted by atomic mass is 16.6. The van der Waals surface area contributed by atoms with Crippen molar-refractivity contribution in [2.24, 2.45) is 0 Å². The first-order valence-corrected chi connectivity index (χ1v) is 7.64. The van der Waals surface area contributed by atoms with Gasteiger partial charge in [0, 0.05) is 14.2 Å². The van der Waals surface area contributed by atoms with E-state index >= 15 is 0 Å². The minimum absolute atomic E-state index is 0.415. The molecule has 0 atom stereocenters. The van der Waals surface area contributed by atoms with E-state index in [1.54, 1.807) is 14.2 Å². The molecule has 0 aliphatic rings. The average molecular weight is 302 g/mol. The molecule has 3 aromatic carbocycles. The second kappa shape index (κ2) is 7.27. The molecule has 0 amide bonds. The minimum Gasteiger partial charge on any atom is -0.410 e. The van der Waals surface area contributed by atoms with Crippen molar-refractivity contribution in [3.8, 4) is 22.3 Å². The Balaban J connectivity index is 2.25. The summed E-state index contributed by atoms with van der Waals surface area (Å²) >= 11 is 0. The van der Waals surface area contributed by atoms with Crippen LogP contribution in [0.4, 0.5) is 0 Å². The Morgan fingerprint density at radius 2 is 1.00 bits per heavy atom. The lowest BCUT2D eigenvalue weighted by molar-refractivity contribution is 0.292. The van der Waals surface area contributed by atoms with Gasteiger partial charge in [-0.2, -0.15) is 0 Å². The van der Waals surface area contributed by atoms with E-state index in [0.29, 0.717) is 0 Å². The SMILES string of the molecule is COB(OC)c1c(-c2ccccc2)cccc1-c1ccccc1. The molecule has 3 heteroatoms. The van der Waals surface area contributed by atoms with Crippen LogP contribution in [0.3, 0.4) is 0 Å². The molecule has 0 saturated heterocycles. The molecule has 0 saturated carbocycles. The van der Waals surface area contributed by atoms with Gasteiger partial charge in [-0.05, 0) is 27.7 Å². The van der Waals surface area contributed by atoms with E-state index in [2.05, 4.69) is 42.5 Å². The van der Waals surface area contributed by atoms with Gasteiger partial charge in [-0.25, -0.2) is 0 Å². The van der Waals surface area contributed by atoms with Crippen molar-refractivity contribution in [3.05, 3.63) is 78.9 Å². The Morgan fingerprint density at radius 3 is 1.39 bits per heavy atom. The molecule has 0 unspecified atom stereocenters. The van der Waals surface area contributed by atoms with Gasteiger partial charge >= 0.3 is 7.12 Å². The Labute approximate surface area is 137 Å². The van der Waals surface area contributed by atoms with E-state index < -0.39 is 7.12 Å². The molecular weight excluding hydrogens is 283 g/mol. The second-order valence-corrected chi connectivity index (χ2v) is 5.30. The van der Waals surface area contributed by atoms with E-state index in [-0.39, 0.29) is 0 Å². The molecule has 23 heavy (non-hydrogen) atoms. The van der Waals surface area contributed by atoms with Crippen LogP contribution in [-0.2, 0) is 9.31 Å². The summed E-state index contributed by atoms with van der Waals surface area (Å²) in [5, 5.41) is 0. The van der Waals surface area contributed by atoms with Crippen LogP contribution in [0.1, 0.15) is 0 Å². The molecule has 0 radical (unpaired) electrons. The highest BCUT2D eigenvalue weighted by molar-refractivity contribution is 6.65. The zero-order chi connectivity index (χ0) is 16.1. The summed E-state index contributed by atoms with van der Waals surface area (Å²) in [6, 6.07) is 27.0. The topological polar surface area (TPSA) is 18.5 Å². The van der Waals surface area contributed by atoms with Crippen LogP contribution in [0.2, 0.25) is 0 Å². The van der Waals surface area contributed by atoms with Gasteiger partial charge in [0.1, 0.15) is 0 Å². The zero-order valence-electron chi connectivity index (χ0n) is 13.4. The monoisotopic (exact) mass is 302 g/mol. The molecule has 0 aliphatic heterocycles. The van der Waals surface area contributed by atoms with Crippen molar-refractivity contribution in [2.75, 3.05) is 14.2 Å². The molecule has 0 spiro atoms. The average Bonchev–Trinajstić information content (AvgIpc) is 2.64. The van der Waals surface area contributed by atoms with E-state index in [1.165, 1.54) is 0 Å². The minimum atomic E-state index is -0.415. The van der Waals surface area contributed by atoms with Gasteiger partial charge in [0.15, 0.2) is 0 Å². The highest BCUT2D eigenvalue weighted by Gasteiger charge is 2.26. The standard InChI is InChI=1S/C20H19BO2/c1-22-21(23-2)20-18(16-10-5-3-6-11-16)14-9-15-19(20)17-12-7-4-8-13-17/h3-15H,1-2H3. The lowest BCUT2D eigenvalue weighted by Gasteiger charge is -2.19. The maximum atomic E-state index is 5.59. The molecule has 114 valence electrons. The number of rotatable bonds is 5. The van der Waals surface area contributed by atoms with Crippen molar-refractivity contribution in [1.29, 1.82) is 0 Å². The van der Waals surface area contributed by atoms with Gasteiger partial charge < -0.3 is 9.31 Å². The van der Waals surface area contributed by atoms with Gasteiger partial charge in [-0.1, -0.05) is 78.9 Å². The third-order valence-corrected chi connectivity index (χ3v) is 3.94. The fraction of sp³-hybridized carbons (Fsp3) is 0.100. The van der Waals surface area contributed by atoms with Gasteiger partial charge in [-0.3, -0.25) is 0 Å². The zero-order valence-corrected chi connectivity index (χ0v) is 13.4. The van der Waals surface area contributed by atoms with E-state index in [4.69, 9.17) is 9.31 Å². The summed E-state index contributed by atoms with van der Waals surface area (Å²) in [6.07, 6.45) is 0. The van der Waals surface area contributed by atoms with Crippen LogP contribution in [0.25, 0.3) is 22.3 Å². The molecule has 3 rings (SSSR count). The van der Waals surface area contributed by atoms with Crippen molar-refractivity contribution >= 4 is 12.6 Å². The third-order valence-electron chi connectivity index (χ3n) is 3.94. The van der Waals surface area contributed by atoms with Crippen molar-refractivity contribution in [3.63, 3.8) is 0 Å². The Kier molecular flexibility index (Phi) is 4.91. The summed E-state index contributed by atoms with van der Waals surface area (Å²) in [5.74, 6) is 0. The van der Waals surface area contributed by atoms with Gasteiger partial charge in [-0.15, -0.1) is 0 Å². The maximum absolute atomic E-state index is 5.59. The van der Waals surface area contributed by atoms with Crippen LogP contribution in [-0.4, -0.2) is 21.3 Å². The Bertz CT molecular complexity index is 695. The predicted molar refractivity (Wildman–Crippen MR) is 96.7 cm³/mol. The number of hydrogen-bond acceptors (Lipinski definition) is 2. The normalized spacial score (nSPS) is 10.5. The number of hydrogen-bond donors (Lipinski definition) is 0. The maximum Gasteiger partial charge on any atom is 0.494 e. The number of benzene rings is 3. The molecule has 0 bridgehead atoms. The first-order chi connectivity index (χ1) is 11.3. The van der Waals surface area contributed by atoms with Crippen LogP contribution in [0.5, 0.6) is 0 Å². The lowest BCUT2D eigenvalue weighted by atomic mass is 9.70. The van der Waals surface area contributed by atoms with E-state index in [1.807, 2.05) is 36.4 Å². The van der Waals surface area contributed by atoms with Gasteiger partial charge in [0.05, 0.1) is 0 Å². The van der Waals surface area contributed by atoms with Crippen molar-refractivity contribution < 1.29 is 9.31 Å². The molecule has 2 nitrogen and oxygen atoms in total. The van der Waals surface area contributed by atoms with Gasteiger partial charge in [0.2, 0.25) is 0 Å². The molecule has 0 fully saturated rings. The van der Waals surface area contributed by atoms with E-state index in [9.17, 15) is 0 Å². The first-order valence-electron chi connectivity index (χ1n) is 7.64. The Morgan fingerprint density at radius 1 is 0.565 bits per heavy atom. The summed E-state index contributed by atoms with van der Waals surface area (Å²) in [4.78, 5) is 0. The smallest absolute Gasteiger partial charge is 0.410 e.